The molecule has 4 rings (SSSR count). The molecule has 1 aromatic heterocycles. The maximum atomic E-state index is 13.0. The molecule has 9 heteroatoms. The third-order valence-corrected chi connectivity index (χ3v) is 7.07. The topological polar surface area (TPSA) is 42.0 Å². The predicted molar refractivity (Wildman–Crippen MR) is 122 cm³/mol. The van der Waals surface area contributed by atoms with Crippen molar-refractivity contribution < 1.29 is 18.0 Å². The van der Waals surface area contributed by atoms with Gasteiger partial charge in [-0.15, -0.1) is 11.3 Å². The van der Waals surface area contributed by atoms with Gasteiger partial charge in [-0.3, -0.25) is 4.79 Å². The third-order valence-electron chi connectivity index (χ3n) is 5.42. The minimum Gasteiger partial charge on any atom is -0.347 e. The number of halogens is 5. The van der Waals surface area contributed by atoms with Gasteiger partial charge in [-0.05, 0) is 48.7 Å². The van der Waals surface area contributed by atoms with Crippen molar-refractivity contribution in [2.75, 3.05) is 0 Å². The van der Waals surface area contributed by atoms with E-state index in [9.17, 15) is 18.0 Å². The Morgan fingerprint density at radius 2 is 1.72 bits per heavy atom. The van der Waals surface area contributed by atoms with Gasteiger partial charge in [0.05, 0.1) is 21.2 Å². The number of carbonyl (C=O) groups excluding carboxylic acids is 1. The van der Waals surface area contributed by atoms with E-state index >= 15 is 0 Å². The molecule has 2 aromatic carbocycles. The average Bonchev–Trinajstić information content (AvgIpc) is 3.19. The SMILES string of the molecule is O=C(NC1CCCCC1)c1nc(-c2ccc(Cl)cc2Cl)c(-c2ccc(C(F)(F)F)cc2)s1. The molecule has 1 heterocycles. The van der Waals surface area contributed by atoms with Crippen molar-refractivity contribution in [1.82, 2.24) is 10.3 Å². The summed E-state index contributed by atoms with van der Waals surface area (Å²) in [5.41, 5.74) is 0.768. The molecule has 0 spiro atoms. The number of nitrogens with zero attached hydrogens (tertiary/aromatic N) is 1. The van der Waals surface area contributed by atoms with Gasteiger partial charge in [0.2, 0.25) is 0 Å². The Bertz CT molecular complexity index is 1120. The number of hydrogen-bond donors (Lipinski definition) is 1. The maximum Gasteiger partial charge on any atom is 0.416 e. The van der Waals surface area contributed by atoms with Crippen LogP contribution >= 0.6 is 34.5 Å². The van der Waals surface area contributed by atoms with Gasteiger partial charge >= 0.3 is 6.18 Å². The van der Waals surface area contributed by atoms with Crippen LogP contribution < -0.4 is 5.32 Å². The Morgan fingerprint density at radius 1 is 1.03 bits per heavy atom. The summed E-state index contributed by atoms with van der Waals surface area (Å²) in [4.78, 5) is 18.0. The Labute approximate surface area is 197 Å². The van der Waals surface area contributed by atoms with Gasteiger partial charge in [0.25, 0.3) is 5.91 Å². The van der Waals surface area contributed by atoms with Crippen LogP contribution in [0.3, 0.4) is 0 Å². The van der Waals surface area contributed by atoms with E-state index in [2.05, 4.69) is 10.3 Å². The van der Waals surface area contributed by atoms with E-state index in [0.29, 0.717) is 31.7 Å². The molecule has 1 fully saturated rings. The van der Waals surface area contributed by atoms with E-state index in [1.54, 1.807) is 18.2 Å². The molecule has 1 saturated carbocycles. The van der Waals surface area contributed by atoms with Crippen LogP contribution in [0.15, 0.2) is 42.5 Å². The van der Waals surface area contributed by atoms with E-state index in [-0.39, 0.29) is 17.0 Å². The van der Waals surface area contributed by atoms with Crippen LogP contribution in [0.1, 0.15) is 47.5 Å². The summed E-state index contributed by atoms with van der Waals surface area (Å²) in [6.07, 6.45) is 0.745. The molecule has 1 aliphatic rings. The summed E-state index contributed by atoms with van der Waals surface area (Å²) in [5, 5.41) is 4.07. The lowest BCUT2D eigenvalue weighted by Crippen LogP contribution is -2.36. The monoisotopic (exact) mass is 498 g/mol. The molecular formula is C23H19Cl2F3N2OS. The number of benzene rings is 2. The van der Waals surface area contributed by atoms with Gasteiger partial charge in [-0.2, -0.15) is 13.2 Å². The van der Waals surface area contributed by atoms with Crippen LogP contribution in [0.25, 0.3) is 21.7 Å². The molecule has 0 bridgehead atoms. The summed E-state index contributed by atoms with van der Waals surface area (Å²) < 4.78 is 39.0. The molecule has 1 amide bonds. The number of thiazole rings is 1. The second kappa shape index (κ2) is 9.41. The lowest BCUT2D eigenvalue weighted by molar-refractivity contribution is -0.137. The number of alkyl halides is 3. The van der Waals surface area contributed by atoms with Crippen molar-refractivity contribution in [2.24, 2.45) is 0 Å². The quantitative estimate of drug-likeness (QED) is 0.397. The minimum absolute atomic E-state index is 0.109. The van der Waals surface area contributed by atoms with E-state index in [1.807, 2.05) is 0 Å². The molecule has 0 atom stereocenters. The van der Waals surface area contributed by atoms with Gasteiger partial charge in [0, 0.05) is 16.6 Å². The number of aromatic nitrogens is 1. The van der Waals surface area contributed by atoms with E-state index in [1.165, 1.54) is 18.6 Å². The first-order valence-electron chi connectivity index (χ1n) is 10.2. The average molecular weight is 499 g/mol. The zero-order valence-electron chi connectivity index (χ0n) is 16.8. The van der Waals surface area contributed by atoms with E-state index in [4.69, 9.17) is 23.2 Å². The molecular weight excluding hydrogens is 480 g/mol. The second-order valence-electron chi connectivity index (χ2n) is 7.70. The van der Waals surface area contributed by atoms with Crippen molar-refractivity contribution >= 4 is 40.4 Å². The first-order chi connectivity index (χ1) is 15.2. The molecule has 0 radical (unpaired) electrons. The Hall–Kier alpha value is -2.09. The highest BCUT2D eigenvalue weighted by Gasteiger charge is 2.30. The van der Waals surface area contributed by atoms with Crippen LogP contribution in [0, 0.1) is 0 Å². The van der Waals surface area contributed by atoms with Gasteiger partial charge in [-0.1, -0.05) is 54.6 Å². The zero-order chi connectivity index (χ0) is 22.9. The van der Waals surface area contributed by atoms with Crippen LogP contribution in [-0.4, -0.2) is 16.9 Å². The Morgan fingerprint density at radius 3 is 2.34 bits per heavy atom. The largest absolute Gasteiger partial charge is 0.416 e. The van der Waals surface area contributed by atoms with Crippen molar-refractivity contribution in [1.29, 1.82) is 0 Å². The number of nitrogens with one attached hydrogen (secondary N) is 1. The molecule has 3 aromatic rings. The molecule has 3 nitrogen and oxygen atoms in total. The first kappa shape index (κ1) is 23.1. The smallest absolute Gasteiger partial charge is 0.347 e. The fraction of sp³-hybridized carbons (Fsp3) is 0.304. The second-order valence-corrected chi connectivity index (χ2v) is 9.55. The molecule has 0 aliphatic heterocycles. The minimum atomic E-state index is -4.43. The highest BCUT2D eigenvalue weighted by Crippen LogP contribution is 2.41. The van der Waals surface area contributed by atoms with Crippen LogP contribution in [0.5, 0.6) is 0 Å². The molecule has 32 heavy (non-hydrogen) atoms. The lowest BCUT2D eigenvalue weighted by atomic mass is 9.95. The van der Waals surface area contributed by atoms with Crippen molar-refractivity contribution in [3.05, 3.63) is 63.1 Å². The fourth-order valence-electron chi connectivity index (χ4n) is 3.78. The van der Waals surface area contributed by atoms with Gasteiger partial charge in [0.15, 0.2) is 5.01 Å². The molecule has 0 saturated heterocycles. The fourth-order valence-corrected chi connectivity index (χ4v) is 5.27. The summed E-state index contributed by atoms with van der Waals surface area (Å²) >= 11 is 13.5. The molecule has 1 N–H and O–H groups in total. The van der Waals surface area contributed by atoms with Crippen LogP contribution in [0.4, 0.5) is 13.2 Å². The summed E-state index contributed by atoms with van der Waals surface area (Å²) in [6.45, 7) is 0. The summed E-state index contributed by atoms with van der Waals surface area (Å²) in [5.74, 6) is -0.286. The van der Waals surface area contributed by atoms with Gasteiger partial charge in [0.1, 0.15) is 0 Å². The standard InChI is InChI=1S/C23H19Cl2F3N2OS/c24-15-10-11-17(18(25)12-15)19-20(13-6-8-14(9-7-13)23(26,27)28)32-22(30-19)21(31)29-16-4-2-1-3-5-16/h6-12,16H,1-5H2,(H,29,31). The summed E-state index contributed by atoms with van der Waals surface area (Å²) in [6, 6.07) is 9.82. The van der Waals surface area contributed by atoms with Gasteiger partial charge < -0.3 is 5.32 Å². The van der Waals surface area contributed by atoms with E-state index in [0.717, 1.165) is 49.2 Å². The first-order valence-corrected chi connectivity index (χ1v) is 11.7. The highest BCUT2D eigenvalue weighted by atomic mass is 35.5. The van der Waals surface area contributed by atoms with Crippen LogP contribution in [-0.2, 0) is 6.18 Å². The van der Waals surface area contributed by atoms with Crippen molar-refractivity contribution in [3.63, 3.8) is 0 Å². The van der Waals surface area contributed by atoms with Crippen LogP contribution in [0.2, 0.25) is 10.0 Å². The third kappa shape index (κ3) is 5.11. The van der Waals surface area contributed by atoms with Crippen molar-refractivity contribution in [2.45, 2.75) is 44.3 Å². The van der Waals surface area contributed by atoms with Gasteiger partial charge in [-0.25, -0.2) is 4.98 Å². The number of hydrogen-bond acceptors (Lipinski definition) is 3. The molecule has 168 valence electrons. The van der Waals surface area contributed by atoms with E-state index < -0.39 is 11.7 Å². The summed E-state index contributed by atoms with van der Waals surface area (Å²) in [7, 11) is 0. The zero-order valence-corrected chi connectivity index (χ0v) is 19.1. The van der Waals surface area contributed by atoms with Crippen molar-refractivity contribution in [3.8, 4) is 21.7 Å². The molecule has 1 aliphatic carbocycles. The lowest BCUT2D eigenvalue weighted by Gasteiger charge is -2.22. The normalized spacial score (nSPS) is 15.0. The maximum absolute atomic E-state index is 13.0. The highest BCUT2D eigenvalue weighted by molar-refractivity contribution is 7.17. The Kier molecular flexibility index (Phi) is 6.79. The predicted octanol–water partition coefficient (Wildman–Crippen LogP) is 7.87. The molecule has 0 unspecified atom stereocenters. The number of carbonyl (C=O) groups is 1. The number of rotatable bonds is 4. The number of amides is 1. The Balaban J connectivity index is 1.74.